The lowest BCUT2D eigenvalue weighted by Gasteiger charge is -2.29. The summed E-state index contributed by atoms with van der Waals surface area (Å²) in [5.41, 5.74) is 5.86. The third kappa shape index (κ3) is 3.61. The molecule has 0 radical (unpaired) electrons. The normalized spacial score (nSPS) is 16.4. The fourth-order valence-corrected chi connectivity index (χ4v) is 3.05. The Hall–Kier alpha value is -1.34. The summed E-state index contributed by atoms with van der Waals surface area (Å²) in [5.74, 6) is 1.02. The standard InChI is InChI=1S/C13H22N4O2S/c1-9-3-6-17(7-4-9)12(18)10-11(14)16-13(20-10)15-5-8-19-2/h9H,3-8,14H2,1-2H3,(H,15,16). The molecule has 1 aliphatic rings. The van der Waals surface area contributed by atoms with Gasteiger partial charge in [-0.1, -0.05) is 18.3 Å². The van der Waals surface area contributed by atoms with Crippen molar-refractivity contribution in [2.45, 2.75) is 19.8 Å². The molecule has 1 aromatic rings. The number of carbonyl (C=O) groups is 1. The minimum Gasteiger partial charge on any atom is -0.383 e. The Kier molecular flexibility index (Phi) is 5.19. The quantitative estimate of drug-likeness (QED) is 0.808. The van der Waals surface area contributed by atoms with Gasteiger partial charge in [-0.05, 0) is 18.8 Å². The highest BCUT2D eigenvalue weighted by Crippen LogP contribution is 2.27. The molecule has 7 heteroatoms. The van der Waals surface area contributed by atoms with Crippen LogP contribution in [0, 0.1) is 5.92 Å². The molecule has 0 atom stereocenters. The Labute approximate surface area is 123 Å². The van der Waals surface area contributed by atoms with Gasteiger partial charge in [-0.2, -0.15) is 0 Å². The van der Waals surface area contributed by atoms with Gasteiger partial charge in [0, 0.05) is 26.7 Å². The number of ether oxygens (including phenoxy) is 1. The number of amides is 1. The van der Waals surface area contributed by atoms with Gasteiger partial charge in [0.1, 0.15) is 10.7 Å². The molecule has 0 unspecified atom stereocenters. The van der Waals surface area contributed by atoms with Crippen LogP contribution in [0.15, 0.2) is 0 Å². The summed E-state index contributed by atoms with van der Waals surface area (Å²) >= 11 is 1.32. The number of aromatic nitrogens is 1. The average Bonchev–Trinajstić information content (AvgIpc) is 2.80. The first-order chi connectivity index (χ1) is 9.61. The Balaban J connectivity index is 1.99. The first-order valence-electron chi connectivity index (χ1n) is 6.90. The molecule has 0 aromatic carbocycles. The minimum atomic E-state index is 0.00620. The van der Waals surface area contributed by atoms with Gasteiger partial charge in [0.05, 0.1) is 6.61 Å². The number of methoxy groups -OCH3 is 1. The van der Waals surface area contributed by atoms with E-state index in [0.717, 1.165) is 25.9 Å². The molecule has 2 rings (SSSR count). The maximum absolute atomic E-state index is 12.4. The van der Waals surface area contributed by atoms with Crippen LogP contribution in [0.2, 0.25) is 0 Å². The summed E-state index contributed by atoms with van der Waals surface area (Å²) in [7, 11) is 1.64. The Morgan fingerprint density at radius 2 is 2.25 bits per heavy atom. The number of nitrogens with zero attached hydrogens (tertiary/aromatic N) is 2. The molecule has 1 aromatic heterocycles. The van der Waals surface area contributed by atoms with Gasteiger partial charge in [-0.15, -0.1) is 0 Å². The first-order valence-corrected chi connectivity index (χ1v) is 7.72. The van der Waals surface area contributed by atoms with Gasteiger partial charge in [-0.3, -0.25) is 4.79 Å². The summed E-state index contributed by atoms with van der Waals surface area (Å²) in [6.45, 7) is 5.08. The van der Waals surface area contributed by atoms with Crippen molar-refractivity contribution in [3.63, 3.8) is 0 Å². The first kappa shape index (κ1) is 15.1. The molecular weight excluding hydrogens is 276 g/mol. The SMILES string of the molecule is COCCNc1nc(N)c(C(=O)N2CCC(C)CC2)s1. The molecule has 0 spiro atoms. The molecule has 0 aliphatic carbocycles. The van der Waals surface area contributed by atoms with Crippen molar-refractivity contribution in [3.05, 3.63) is 4.88 Å². The molecule has 0 saturated carbocycles. The lowest BCUT2D eigenvalue weighted by atomic mass is 9.99. The zero-order chi connectivity index (χ0) is 14.5. The number of anilines is 2. The third-order valence-corrected chi connectivity index (χ3v) is 4.52. The predicted molar refractivity (Wildman–Crippen MR) is 81.2 cm³/mol. The minimum absolute atomic E-state index is 0.00620. The van der Waals surface area contributed by atoms with Crippen molar-refractivity contribution < 1.29 is 9.53 Å². The number of carbonyl (C=O) groups excluding carboxylic acids is 1. The lowest BCUT2D eigenvalue weighted by molar-refractivity contribution is 0.0703. The second kappa shape index (κ2) is 6.90. The molecule has 2 heterocycles. The van der Waals surface area contributed by atoms with Crippen LogP contribution in [-0.2, 0) is 4.74 Å². The van der Waals surface area contributed by atoms with Crippen LogP contribution in [0.1, 0.15) is 29.4 Å². The summed E-state index contributed by atoms with van der Waals surface area (Å²) in [4.78, 5) is 19.0. The van der Waals surface area contributed by atoms with E-state index >= 15 is 0 Å². The van der Waals surface area contributed by atoms with Crippen molar-refractivity contribution in [1.82, 2.24) is 9.88 Å². The van der Waals surface area contributed by atoms with Crippen molar-refractivity contribution in [2.75, 3.05) is 44.4 Å². The van der Waals surface area contributed by atoms with Crippen LogP contribution >= 0.6 is 11.3 Å². The zero-order valence-corrected chi connectivity index (χ0v) is 12.8. The van der Waals surface area contributed by atoms with Crippen LogP contribution < -0.4 is 11.1 Å². The van der Waals surface area contributed by atoms with Crippen LogP contribution in [0.25, 0.3) is 0 Å². The van der Waals surface area contributed by atoms with E-state index in [4.69, 9.17) is 10.5 Å². The number of nitrogens with two attached hydrogens (primary N) is 1. The fourth-order valence-electron chi connectivity index (χ4n) is 2.18. The van der Waals surface area contributed by atoms with Gasteiger partial charge < -0.3 is 20.7 Å². The third-order valence-electron chi connectivity index (χ3n) is 3.50. The van der Waals surface area contributed by atoms with Gasteiger partial charge in [-0.25, -0.2) is 4.98 Å². The second-order valence-corrected chi connectivity index (χ2v) is 6.13. The van der Waals surface area contributed by atoms with E-state index in [1.165, 1.54) is 11.3 Å². The van der Waals surface area contributed by atoms with E-state index in [-0.39, 0.29) is 5.91 Å². The lowest BCUT2D eigenvalue weighted by Crippen LogP contribution is -2.37. The summed E-state index contributed by atoms with van der Waals surface area (Å²) in [6.07, 6.45) is 2.12. The zero-order valence-electron chi connectivity index (χ0n) is 12.0. The van der Waals surface area contributed by atoms with Crippen molar-refractivity contribution in [2.24, 2.45) is 5.92 Å². The highest BCUT2D eigenvalue weighted by atomic mass is 32.1. The molecule has 3 N–H and O–H groups in total. The van der Waals surface area contributed by atoms with Crippen LogP contribution in [0.3, 0.4) is 0 Å². The van der Waals surface area contributed by atoms with Gasteiger partial charge in [0.15, 0.2) is 5.13 Å². The van der Waals surface area contributed by atoms with Crippen LogP contribution in [-0.4, -0.2) is 49.1 Å². The molecule has 112 valence electrons. The largest absolute Gasteiger partial charge is 0.383 e. The maximum atomic E-state index is 12.4. The van der Waals surface area contributed by atoms with Gasteiger partial charge in [0.25, 0.3) is 5.91 Å². The summed E-state index contributed by atoms with van der Waals surface area (Å²) < 4.78 is 4.96. The number of piperidine rings is 1. The summed E-state index contributed by atoms with van der Waals surface area (Å²) in [6, 6.07) is 0. The number of nitrogen functional groups attached to an aromatic ring is 1. The Morgan fingerprint density at radius 3 is 2.90 bits per heavy atom. The van der Waals surface area contributed by atoms with E-state index in [9.17, 15) is 4.79 Å². The highest BCUT2D eigenvalue weighted by Gasteiger charge is 2.25. The molecular formula is C13H22N4O2S. The molecule has 1 saturated heterocycles. The monoisotopic (exact) mass is 298 g/mol. The Bertz CT molecular complexity index is 455. The van der Waals surface area contributed by atoms with Gasteiger partial charge >= 0.3 is 0 Å². The predicted octanol–water partition coefficient (Wildman–Crippen LogP) is 1.66. The van der Waals surface area contributed by atoms with Crippen LogP contribution in [0.5, 0.6) is 0 Å². The van der Waals surface area contributed by atoms with E-state index in [2.05, 4.69) is 17.2 Å². The second-order valence-electron chi connectivity index (χ2n) is 5.13. The highest BCUT2D eigenvalue weighted by molar-refractivity contribution is 7.18. The van der Waals surface area contributed by atoms with Crippen molar-refractivity contribution in [3.8, 4) is 0 Å². The summed E-state index contributed by atoms with van der Waals surface area (Å²) in [5, 5.41) is 3.78. The molecule has 20 heavy (non-hydrogen) atoms. The van der Waals surface area contributed by atoms with E-state index in [0.29, 0.717) is 34.9 Å². The number of hydrogen-bond acceptors (Lipinski definition) is 6. The number of thiazole rings is 1. The number of rotatable bonds is 5. The van der Waals surface area contributed by atoms with E-state index in [1.807, 2.05) is 4.90 Å². The van der Waals surface area contributed by atoms with Crippen molar-refractivity contribution in [1.29, 1.82) is 0 Å². The molecule has 1 amide bonds. The van der Waals surface area contributed by atoms with E-state index in [1.54, 1.807) is 7.11 Å². The van der Waals surface area contributed by atoms with Gasteiger partial charge in [0.2, 0.25) is 0 Å². The topological polar surface area (TPSA) is 80.5 Å². The number of nitrogens with one attached hydrogen (secondary N) is 1. The van der Waals surface area contributed by atoms with Crippen molar-refractivity contribution >= 4 is 28.2 Å². The fraction of sp³-hybridized carbons (Fsp3) is 0.692. The molecule has 0 bridgehead atoms. The molecule has 6 nitrogen and oxygen atoms in total. The average molecular weight is 298 g/mol. The molecule has 1 fully saturated rings. The molecule has 1 aliphatic heterocycles. The van der Waals surface area contributed by atoms with E-state index < -0.39 is 0 Å². The maximum Gasteiger partial charge on any atom is 0.267 e. The number of likely N-dealkylation sites (tertiary alicyclic amines) is 1. The van der Waals surface area contributed by atoms with Crippen LogP contribution in [0.4, 0.5) is 10.9 Å². The Morgan fingerprint density at radius 1 is 1.55 bits per heavy atom. The smallest absolute Gasteiger partial charge is 0.267 e. The number of hydrogen-bond donors (Lipinski definition) is 2.